The number of aryl methyl sites for hydroxylation is 1. The molecule has 0 spiro atoms. The summed E-state index contributed by atoms with van der Waals surface area (Å²) >= 11 is 0. The molecule has 2 aromatic rings. The highest BCUT2D eigenvalue weighted by molar-refractivity contribution is 5.81. The summed E-state index contributed by atoms with van der Waals surface area (Å²) in [7, 11) is 1.64. The minimum atomic E-state index is -0.560. The molecule has 0 bridgehead atoms. The first-order valence-corrected chi connectivity index (χ1v) is 11.3. The molecule has 3 rings (SSSR count). The van der Waals surface area contributed by atoms with Crippen LogP contribution in [0.25, 0.3) is 0 Å². The number of nitrogens with zero attached hydrogens (tertiary/aromatic N) is 2. The molecule has 1 aliphatic rings. The molecule has 6 nitrogen and oxygen atoms in total. The normalized spacial score (nSPS) is 14.9. The van der Waals surface area contributed by atoms with Gasteiger partial charge in [0, 0.05) is 32.6 Å². The van der Waals surface area contributed by atoms with E-state index < -0.39 is 6.10 Å². The van der Waals surface area contributed by atoms with Crippen LogP contribution in [0.5, 0.6) is 11.5 Å². The van der Waals surface area contributed by atoms with Gasteiger partial charge in [0.05, 0.1) is 7.11 Å². The number of benzene rings is 2. The predicted molar refractivity (Wildman–Crippen MR) is 125 cm³/mol. The van der Waals surface area contributed by atoms with Gasteiger partial charge in [-0.15, -0.1) is 0 Å². The van der Waals surface area contributed by atoms with Crippen molar-refractivity contribution in [1.82, 2.24) is 9.80 Å². The predicted octanol–water partition coefficient (Wildman–Crippen LogP) is 3.89. The van der Waals surface area contributed by atoms with Crippen molar-refractivity contribution in [1.29, 1.82) is 0 Å². The molecule has 0 saturated carbocycles. The molecule has 172 valence electrons. The maximum atomic E-state index is 12.8. The van der Waals surface area contributed by atoms with Crippen LogP contribution in [0, 0.1) is 0 Å². The molecule has 0 aromatic heterocycles. The van der Waals surface area contributed by atoms with E-state index in [1.807, 2.05) is 47.4 Å². The van der Waals surface area contributed by atoms with E-state index in [9.17, 15) is 9.59 Å². The van der Waals surface area contributed by atoms with Crippen molar-refractivity contribution >= 4 is 11.8 Å². The number of ether oxygens (including phenoxy) is 2. The Hall–Kier alpha value is -3.02. The van der Waals surface area contributed by atoms with Crippen LogP contribution in [0.4, 0.5) is 0 Å². The number of hydrogen-bond donors (Lipinski definition) is 0. The summed E-state index contributed by atoms with van der Waals surface area (Å²) < 4.78 is 11.1. The van der Waals surface area contributed by atoms with Gasteiger partial charge in [-0.05, 0) is 54.7 Å². The Morgan fingerprint density at radius 1 is 0.906 bits per heavy atom. The largest absolute Gasteiger partial charge is 0.497 e. The van der Waals surface area contributed by atoms with Gasteiger partial charge in [0.1, 0.15) is 11.5 Å². The molecule has 2 amide bonds. The van der Waals surface area contributed by atoms with Crippen LogP contribution in [0.1, 0.15) is 44.2 Å². The van der Waals surface area contributed by atoms with Crippen LogP contribution >= 0.6 is 0 Å². The first kappa shape index (κ1) is 23.6. The number of carbonyl (C=O) groups excluding carboxylic acids is 2. The van der Waals surface area contributed by atoms with E-state index in [0.717, 1.165) is 11.3 Å². The third kappa shape index (κ3) is 6.25. The second-order valence-electron chi connectivity index (χ2n) is 8.54. The van der Waals surface area contributed by atoms with Crippen LogP contribution in [0.15, 0.2) is 48.5 Å². The third-order valence-corrected chi connectivity index (χ3v) is 5.92. The van der Waals surface area contributed by atoms with E-state index in [4.69, 9.17) is 9.47 Å². The number of amides is 2. The number of carbonyl (C=O) groups is 2. The number of piperazine rings is 1. The van der Waals surface area contributed by atoms with Crippen LogP contribution in [0.3, 0.4) is 0 Å². The zero-order valence-corrected chi connectivity index (χ0v) is 19.5. The van der Waals surface area contributed by atoms with Gasteiger partial charge in [0.2, 0.25) is 5.91 Å². The summed E-state index contributed by atoms with van der Waals surface area (Å²) in [4.78, 5) is 29.1. The fourth-order valence-electron chi connectivity index (χ4n) is 3.84. The maximum absolute atomic E-state index is 12.8. The van der Waals surface area contributed by atoms with Gasteiger partial charge >= 0.3 is 0 Å². The molecule has 0 aliphatic carbocycles. The van der Waals surface area contributed by atoms with E-state index in [-0.39, 0.29) is 11.8 Å². The second-order valence-corrected chi connectivity index (χ2v) is 8.54. The summed E-state index contributed by atoms with van der Waals surface area (Å²) in [5.41, 5.74) is 2.30. The first-order chi connectivity index (χ1) is 15.4. The van der Waals surface area contributed by atoms with Gasteiger partial charge in [-0.3, -0.25) is 9.59 Å². The molecule has 0 N–H and O–H groups in total. The van der Waals surface area contributed by atoms with Gasteiger partial charge in [-0.1, -0.05) is 38.1 Å². The van der Waals surface area contributed by atoms with Gasteiger partial charge in [-0.25, -0.2) is 0 Å². The van der Waals surface area contributed by atoms with E-state index in [1.54, 1.807) is 18.9 Å². The lowest BCUT2D eigenvalue weighted by atomic mass is 10.0. The van der Waals surface area contributed by atoms with Gasteiger partial charge in [-0.2, -0.15) is 0 Å². The van der Waals surface area contributed by atoms with E-state index >= 15 is 0 Å². The fraction of sp³-hybridized carbons (Fsp3) is 0.462. The van der Waals surface area contributed by atoms with Crippen molar-refractivity contribution in [2.24, 2.45) is 0 Å². The Morgan fingerprint density at radius 3 is 2.19 bits per heavy atom. The Labute approximate surface area is 191 Å². The van der Waals surface area contributed by atoms with E-state index in [0.29, 0.717) is 50.7 Å². The molecular formula is C26H34N2O4. The average molecular weight is 439 g/mol. The molecular weight excluding hydrogens is 404 g/mol. The summed E-state index contributed by atoms with van der Waals surface area (Å²) in [6, 6.07) is 15.7. The van der Waals surface area contributed by atoms with Crippen LogP contribution in [-0.2, 0) is 16.0 Å². The van der Waals surface area contributed by atoms with Gasteiger partial charge < -0.3 is 19.3 Å². The first-order valence-electron chi connectivity index (χ1n) is 11.3. The minimum Gasteiger partial charge on any atom is -0.497 e. The molecule has 1 saturated heterocycles. The van der Waals surface area contributed by atoms with Crippen molar-refractivity contribution in [3.63, 3.8) is 0 Å². The number of methoxy groups -OCH3 is 1. The SMILES string of the molecule is COc1ccc(CCC(=O)N2CCN(C(=O)C(C)Oc3cccc(C(C)C)c3)CC2)cc1. The molecule has 0 radical (unpaired) electrons. The smallest absolute Gasteiger partial charge is 0.263 e. The van der Waals surface area contributed by atoms with E-state index in [2.05, 4.69) is 19.9 Å². The fourth-order valence-corrected chi connectivity index (χ4v) is 3.84. The summed E-state index contributed by atoms with van der Waals surface area (Å²) in [6.45, 7) is 8.23. The highest BCUT2D eigenvalue weighted by atomic mass is 16.5. The maximum Gasteiger partial charge on any atom is 0.263 e. The topological polar surface area (TPSA) is 59.1 Å². The molecule has 2 aromatic carbocycles. The molecule has 32 heavy (non-hydrogen) atoms. The monoisotopic (exact) mass is 438 g/mol. The summed E-state index contributed by atoms with van der Waals surface area (Å²) in [5.74, 6) is 2.02. The molecule has 1 fully saturated rings. The molecule has 1 atom stereocenters. The van der Waals surface area contributed by atoms with Crippen molar-refractivity contribution in [2.75, 3.05) is 33.3 Å². The Bertz CT molecular complexity index is 902. The molecule has 6 heteroatoms. The number of rotatable bonds is 8. The zero-order valence-electron chi connectivity index (χ0n) is 19.5. The zero-order chi connectivity index (χ0) is 23.1. The van der Waals surface area contributed by atoms with E-state index in [1.165, 1.54) is 5.56 Å². The number of hydrogen-bond acceptors (Lipinski definition) is 4. The van der Waals surface area contributed by atoms with Crippen molar-refractivity contribution in [2.45, 2.75) is 45.6 Å². The Balaban J connectivity index is 1.45. The average Bonchev–Trinajstić information content (AvgIpc) is 2.82. The summed E-state index contributed by atoms with van der Waals surface area (Å²) in [6.07, 6.45) is 0.601. The Morgan fingerprint density at radius 2 is 1.56 bits per heavy atom. The molecule has 1 heterocycles. The second kappa shape index (κ2) is 11.0. The standard InChI is InChI=1S/C26H34N2O4/c1-19(2)22-6-5-7-24(18-22)32-20(3)26(30)28-16-14-27(15-17-28)25(29)13-10-21-8-11-23(31-4)12-9-21/h5-9,11-12,18-20H,10,13-17H2,1-4H3. The van der Waals surface area contributed by atoms with Gasteiger partial charge in [0.15, 0.2) is 6.10 Å². The highest BCUT2D eigenvalue weighted by Gasteiger charge is 2.27. The van der Waals surface area contributed by atoms with Crippen molar-refractivity contribution in [3.05, 3.63) is 59.7 Å². The Kier molecular flexibility index (Phi) is 8.14. The van der Waals surface area contributed by atoms with Crippen molar-refractivity contribution < 1.29 is 19.1 Å². The summed E-state index contributed by atoms with van der Waals surface area (Å²) in [5, 5.41) is 0. The van der Waals surface area contributed by atoms with Crippen LogP contribution in [-0.4, -0.2) is 61.0 Å². The lowest BCUT2D eigenvalue weighted by molar-refractivity contribution is -0.143. The van der Waals surface area contributed by atoms with Crippen molar-refractivity contribution in [3.8, 4) is 11.5 Å². The minimum absolute atomic E-state index is 0.0368. The van der Waals surface area contributed by atoms with Gasteiger partial charge in [0.25, 0.3) is 5.91 Å². The lowest BCUT2D eigenvalue weighted by Crippen LogP contribution is -2.53. The lowest BCUT2D eigenvalue weighted by Gasteiger charge is -2.36. The van der Waals surface area contributed by atoms with Crippen LogP contribution in [0.2, 0.25) is 0 Å². The molecule has 1 unspecified atom stereocenters. The molecule has 1 aliphatic heterocycles. The van der Waals surface area contributed by atoms with Crippen LogP contribution < -0.4 is 9.47 Å². The third-order valence-electron chi connectivity index (χ3n) is 5.92. The quantitative estimate of drug-likeness (QED) is 0.627. The highest BCUT2D eigenvalue weighted by Crippen LogP contribution is 2.21.